The Morgan fingerprint density at radius 3 is 1.60 bits per heavy atom. The van der Waals surface area contributed by atoms with Crippen LogP contribution in [0.15, 0.2) is 223 Å². The first kappa shape index (κ1) is 32.8. The molecule has 0 aliphatic rings. The van der Waals surface area contributed by atoms with Crippen LogP contribution in [0.1, 0.15) is 0 Å². The SMILES string of the molecule is c1ccc(-c2ccc(N(c3ccc(-c4ccccc4-n4c5ccccc5c5ccc(-c6ccccc6)cc54)cc3)c3ccc4oc5ccccc5c4c3)cc2)cc1. The molecular formula is C54H36N2O. The fraction of sp³-hybridized carbons (Fsp3) is 0. The van der Waals surface area contributed by atoms with E-state index in [0.717, 1.165) is 50.3 Å². The number of aromatic nitrogens is 1. The van der Waals surface area contributed by atoms with Crippen molar-refractivity contribution in [3.63, 3.8) is 0 Å². The maximum atomic E-state index is 6.23. The summed E-state index contributed by atoms with van der Waals surface area (Å²) in [6.45, 7) is 0. The molecule has 0 unspecified atom stereocenters. The summed E-state index contributed by atoms with van der Waals surface area (Å²) in [5, 5.41) is 4.70. The Balaban J connectivity index is 1.04. The second kappa shape index (κ2) is 13.6. The molecule has 0 saturated carbocycles. The Labute approximate surface area is 330 Å². The summed E-state index contributed by atoms with van der Waals surface area (Å²) in [6.07, 6.45) is 0. The molecule has 0 atom stereocenters. The van der Waals surface area contributed by atoms with Gasteiger partial charge in [-0.05, 0) is 94.5 Å². The molecule has 2 aromatic heterocycles. The van der Waals surface area contributed by atoms with Crippen molar-refractivity contribution in [1.29, 1.82) is 0 Å². The Kier molecular flexibility index (Phi) is 7.82. The van der Waals surface area contributed by atoms with Crippen LogP contribution >= 0.6 is 0 Å². The minimum absolute atomic E-state index is 0.882. The molecule has 0 bridgehead atoms. The van der Waals surface area contributed by atoms with Gasteiger partial charge in [0.05, 0.1) is 16.7 Å². The van der Waals surface area contributed by atoms with Gasteiger partial charge in [-0.1, -0.05) is 152 Å². The molecule has 2 heterocycles. The largest absolute Gasteiger partial charge is 0.456 e. The van der Waals surface area contributed by atoms with Gasteiger partial charge in [-0.15, -0.1) is 0 Å². The van der Waals surface area contributed by atoms with Gasteiger partial charge in [0.15, 0.2) is 0 Å². The molecule has 0 spiro atoms. The van der Waals surface area contributed by atoms with Crippen LogP contribution in [0.3, 0.4) is 0 Å². The molecule has 0 N–H and O–H groups in total. The summed E-state index contributed by atoms with van der Waals surface area (Å²) in [7, 11) is 0. The van der Waals surface area contributed by atoms with E-state index in [4.69, 9.17) is 4.42 Å². The summed E-state index contributed by atoms with van der Waals surface area (Å²) in [6, 6.07) is 78.2. The van der Waals surface area contributed by atoms with Crippen LogP contribution in [-0.2, 0) is 0 Å². The zero-order valence-corrected chi connectivity index (χ0v) is 31.1. The van der Waals surface area contributed by atoms with Crippen LogP contribution in [0.4, 0.5) is 17.1 Å². The normalized spacial score (nSPS) is 11.5. The third-order valence-corrected chi connectivity index (χ3v) is 11.2. The molecule has 0 radical (unpaired) electrons. The monoisotopic (exact) mass is 728 g/mol. The fourth-order valence-corrected chi connectivity index (χ4v) is 8.48. The third kappa shape index (κ3) is 5.68. The predicted molar refractivity (Wildman–Crippen MR) is 239 cm³/mol. The Hall–Kier alpha value is -7.62. The van der Waals surface area contributed by atoms with Crippen LogP contribution in [0.2, 0.25) is 0 Å². The average Bonchev–Trinajstić information content (AvgIpc) is 3.83. The maximum Gasteiger partial charge on any atom is 0.135 e. The van der Waals surface area contributed by atoms with Crippen LogP contribution in [0, 0.1) is 0 Å². The Morgan fingerprint density at radius 2 is 0.842 bits per heavy atom. The van der Waals surface area contributed by atoms with Gasteiger partial charge in [0, 0.05) is 44.2 Å². The standard InChI is InChI=1S/C54H36N2O/c1-3-13-37(14-4-1)39-23-28-42(29-24-39)55(44-32-34-54-49(36-44)48-19-9-12-22-53(48)57-54)43-30-25-40(26-31-43)45-17-7-10-20-50(45)56-51-21-11-8-18-46(51)47-33-27-41(35-52(47)56)38-15-5-2-6-16-38/h1-36H. The number of para-hydroxylation sites is 3. The highest BCUT2D eigenvalue weighted by molar-refractivity contribution is 6.11. The summed E-state index contributed by atoms with van der Waals surface area (Å²) >= 11 is 0. The number of nitrogens with zero attached hydrogens (tertiary/aromatic N) is 2. The van der Waals surface area contributed by atoms with Crippen molar-refractivity contribution >= 4 is 60.8 Å². The van der Waals surface area contributed by atoms with Crippen LogP contribution in [0.25, 0.3) is 82.8 Å². The zero-order chi connectivity index (χ0) is 37.7. The highest BCUT2D eigenvalue weighted by atomic mass is 16.3. The number of hydrogen-bond donors (Lipinski definition) is 0. The van der Waals surface area contributed by atoms with Gasteiger partial charge in [-0.25, -0.2) is 0 Å². The number of benzene rings is 9. The topological polar surface area (TPSA) is 21.3 Å². The molecule has 3 nitrogen and oxygen atoms in total. The van der Waals surface area contributed by atoms with E-state index in [9.17, 15) is 0 Å². The molecule has 0 amide bonds. The summed E-state index contributed by atoms with van der Waals surface area (Å²) in [5.74, 6) is 0. The maximum absolute atomic E-state index is 6.23. The molecule has 57 heavy (non-hydrogen) atoms. The van der Waals surface area contributed by atoms with E-state index in [1.54, 1.807) is 0 Å². The van der Waals surface area contributed by atoms with E-state index in [-0.39, 0.29) is 0 Å². The van der Waals surface area contributed by atoms with Crippen LogP contribution in [-0.4, -0.2) is 4.57 Å². The average molecular weight is 729 g/mol. The van der Waals surface area contributed by atoms with Crippen molar-refractivity contribution in [2.75, 3.05) is 4.90 Å². The van der Waals surface area contributed by atoms with E-state index < -0.39 is 0 Å². The van der Waals surface area contributed by atoms with E-state index in [2.05, 4.69) is 216 Å². The van der Waals surface area contributed by atoms with Gasteiger partial charge in [-0.2, -0.15) is 0 Å². The number of fused-ring (bicyclic) bond motifs is 6. The third-order valence-electron chi connectivity index (χ3n) is 11.2. The molecule has 9 aromatic carbocycles. The van der Waals surface area contributed by atoms with Gasteiger partial charge in [-0.3, -0.25) is 0 Å². The minimum Gasteiger partial charge on any atom is -0.456 e. The molecule has 11 aromatic rings. The number of anilines is 3. The molecule has 3 heteroatoms. The molecular weight excluding hydrogens is 693 g/mol. The van der Waals surface area contributed by atoms with Crippen molar-refractivity contribution in [1.82, 2.24) is 4.57 Å². The van der Waals surface area contributed by atoms with E-state index in [1.165, 1.54) is 49.6 Å². The van der Waals surface area contributed by atoms with Crippen molar-refractivity contribution in [2.24, 2.45) is 0 Å². The number of rotatable bonds is 7. The first-order chi connectivity index (χ1) is 28.3. The highest BCUT2D eigenvalue weighted by Crippen LogP contribution is 2.42. The predicted octanol–water partition coefficient (Wildman–Crippen LogP) is 15.2. The molecule has 0 aliphatic heterocycles. The van der Waals surface area contributed by atoms with E-state index >= 15 is 0 Å². The second-order valence-electron chi connectivity index (χ2n) is 14.5. The van der Waals surface area contributed by atoms with Gasteiger partial charge in [0.25, 0.3) is 0 Å². The van der Waals surface area contributed by atoms with Crippen molar-refractivity contribution < 1.29 is 4.42 Å². The van der Waals surface area contributed by atoms with Gasteiger partial charge in [0.2, 0.25) is 0 Å². The van der Waals surface area contributed by atoms with Crippen LogP contribution in [0.5, 0.6) is 0 Å². The zero-order valence-electron chi connectivity index (χ0n) is 31.1. The first-order valence-corrected chi connectivity index (χ1v) is 19.4. The molecule has 0 saturated heterocycles. The van der Waals surface area contributed by atoms with Gasteiger partial charge < -0.3 is 13.9 Å². The van der Waals surface area contributed by atoms with Crippen molar-refractivity contribution in [3.05, 3.63) is 218 Å². The lowest BCUT2D eigenvalue weighted by Crippen LogP contribution is -2.09. The molecule has 11 rings (SSSR count). The van der Waals surface area contributed by atoms with Crippen LogP contribution < -0.4 is 4.90 Å². The smallest absolute Gasteiger partial charge is 0.135 e. The van der Waals surface area contributed by atoms with Crippen molar-refractivity contribution in [2.45, 2.75) is 0 Å². The molecule has 268 valence electrons. The van der Waals surface area contributed by atoms with Gasteiger partial charge >= 0.3 is 0 Å². The van der Waals surface area contributed by atoms with E-state index in [1.807, 2.05) is 12.1 Å². The lowest BCUT2D eigenvalue weighted by molar-refractivity contribution is 0.669. The summed E-state index contributed by atoms with van der Waals surface area (Å²) in [4.78, 5) is 2.34. The Bertz CT molecular complexity index is 3210. The van der Waals surface area contributed by atoms with Gasteiger partial charge in [0.1, 0.15) is 11.2 Å². The molecule has 0 fully saturated rings. The lowest BCUT2D eigenvalue weighted by Gasteiger charge is -2.26. The quantitative estimate of drug-likeness (QED) is 0.163. The van der Waals surface area contributed by atoms with E-state index in [0.29, 0.717) is 0 Å². The molecule has 0 aliphatic carbocycles. The number of furan rings is 1. The summed E-state index contributed by atoms with van der Waals surface area (Å²) in [5.41, 5.74) is 15.6. The summed E-state index contributed by atoms with van der Waals surface area (Å²) < 4.78 is 8.67. The van der Waals surface area contributed by atoms with Crippen molar-refractivity contribution in [3.8, 4) is 39.1 Å². The Morgan fingerprint density at radius 1 is 0.316 bits per heavy atom. The number of hydrogen-bond acceptors (Lipinski definition) is 2. The highest BCUT2D eigenvalue weighted by Gasteiger charge is 2.19. The second-order valence-corrected chi connectivity index (χ2v) is 14.5. The lowest BCUT2D eigenvalue weighted by atomic mass is 10.0. The fourth-order valence-electron chi connectivity index (χ4n) is 8.48. The first-order valence-electron chi connectivity index (χ1n) is 19.4. The minimum atomic E-state index is 0.882.